The van der Waals surface area contributed by atoms with Gasteiger partial charge in [-0.05, 0) is 36.8 Å². The van der Waals surface area contributed by atoms with E-state index in [4.69, 9.17) is 5.84 Å². The lowest BCUT2D eigenvalue weighted by Crippen LogP contribution is -2.34. The smallest absolute Gasteiger partial charge is 0.253 e. The lowest BCUT2D eigenvalue weighted by molar-refractivity contribution is 0.0936. The van der Waals surface area contributed by atoms with Crippen LogP contribution in [0.3, 0.4) is 0 Å². The van der Waals surface area contributed by atoms with Gasteiger partial charge in [-0.3, -0.25) is 10.6 Å². The van der Waals surface area contributed by atoms with E-state index in [2.05, 4.69) is 24.6 Å². The maximum atomic E-state index is 13.5. The largest absolute Gasteiger partial charge is 0.349 e. The molecule has 0 heterocycles. The highest BCUT2D eigenvalue weighted by molar-refractivity contribution is 5.99. The topological polar surface area (TPSA) is 67.2 Å². The summed E-state index contributed by atoms with van der Waals surface area (Å²) in [5.74, 6) is 4.46. The SMILES string of the molecule is CC1(C)CCC(NC(=O)c2cccc(F)c2NN)C1. The predicted octanol–water partition coefficient (Wildman–Crippen LogP) is 2.42. The zero-order valence-corrected chi connectivity index (χ0v) is 11.3. The number of amides is 1. The Hall–Kier alpha value is -1.62. The molecule has 0 saturated heterocycles. The Morgan fingerprint density at radius 3 is 2.79 bits per heavy atom. The van der Waals surface area contributed by atoms with Crippen molar-refractivity contribution in [3.05, 3.63) is 29.6 Å². The summed E-state index contributed by atoms with van der Waals surface area (Å²) in [6.45, 7) is 4.38. The summed E-state index contributed by atoms with van der Waals surface area (Å²) in [4.78, 5) is 12.2. The number of hydrazine groups is 1. The van der Waals surface area contributed by atoms with Gasteiger partial charge in [-0.25, -0.2) is 4.39 Å². The summed E-state index contributed by atoms with van der Waals surface area (Å²) in [7, 11) is 0. The Balaban J connectivity index is 2.11. The number of nitrogen functional groups attached to an aromatic ring is 1. The second-order valence-electron chi connectivity index (χ2n) is 5.88. The highest BCUT2D eigenvalue weighted by Crippen LogP contribution is 2.37. The summed E-state index contributed by atoms with van der Waals surface area (Å²) in [6.07, 6.45) is 2.99. The zero-order valence-electron chi connectivity index (χ0n) is 11.3. The molecule has 1 amide bonds. The van der Waals surface area contributed by atoms with E-state index in [-0.39, 0.29) is 28.6 Å². The van der Waals surface area contributed by atoms with Gasteiger partial charge in [0.25, 0.3) is 5.91 Å². The molecule has 0 radical (unpaired) electrons. The molecule has 4 nitrogen and oxygen atoms in total. The van der Waals surface area contributed by atoms with Gasteiger partial charge in [-0.15, -0.1) is 0 Å². The molecule has 5 heteroatoms. The monoisotopic (exact) mass is 265 g/mol. The Kier molecular flexibility index (Phi) is 3.75. The van der Waals surface area contributed by atoms with Crippen molar-refractivity contribution in [2.75, 3.05) is 5.43 Å². The van der Waals surface area contributed by atoms with E-state index in [9.17, 15) is 9.18 Å². The molecule has 2 rings (SSSR count). The van der Waals surface area contributed by atoms with Crippen molar-refractivity contribution >= 4 is 11.6 Å². The summed E-state index contributed by atoms with van der Waals surface area (Å²) >= 11 is 0. The molecule has 1 fully saturated rings. The Morgan fingerprint density at radius 1 is 1.47 bits per heavy atom. The first-order chi connectivity index (χ1) is 8.93. The standard InChI is InChI=1S/C14H20FN3O/c1-14(2)7-6-9(8-14)17-13(19)10-4-3-5-11(15)12(10)18-16/h3-5,9,18H,6-8,16H2,1-2H3,(H,17,19). The Labute approximate surface area is 112 Å². The summed E-state index contributed by atoms with van der Waals surface area (Å²) < 4.78 is 13.5. The number of hydrogen-bond acceptors (Lipinski definition) is 3. The van der Waals surface area contributed by atoms with Crippen LogP contribution in [-0.2, 0) is 0 Å². The second-order valence-corrected chi connectivity index (χ2v) is 5.88. The second kappa shape index (κ2) is 5.17. The van der Waals surface area contributed by atoms with Crippen LogP contribution < -0.4 is 16.6 Å². The van der Waals surface area contributed by atoms with E-state index >= 15 is 0 Å². The van der Waals surface area contributed by atoms with Crippen LogP contribution in [-0.4, -0.2) is 11.9 Å². The first-order valence-electron chi connectivity index (χ1n) is 6.49. The fourth-order valence-electron chi connectivity index (χ4n) is 2.68. The number of nitrogens with two attached hydrogens (primary N) is 1. The van der Waals surface area contributed by atoms with Crippen LogP contribution in [0.2, 0.25) is 0 Å². The molecule has 1 aliphatic carbocycles. The summed E-state index contributed by atoms with van der Waals surface area (Å²) in [5, 5.41) is 2.95. The number of benzene rings is 1. The van der Waals surface area contributed by atoms with Gasteiger partial charge in [0.2, 0.25) is 0 Å². The number of para-hydroxylation sites is 1. The van der Waals surface area contributed by atoms with Crippen molar-refractivity contribution < 1.29 is 9.18 Å². The van der Waals surface area contributed by atoms with Crippen molar-refractivity contribution in [3.63, 3.8) is 0 Å². The average molecular weight is 265 g/mol. The lowest BCUT2D eigenvalue weighted by atomic mass is 9.92. The van der Waals surface area contributed by atoms with Crippen LogP contribution in [0.15, 0.2) is 18.2 Å². The molecule has 4 N–H and O–H groups in total. The number of anilines is 1. The van der Waals surface area contributed by atoms with E-state index < -0.39 is 5.82 Å². The summed E-state index contributed by atoms with van der Waals surface area (Å²) in [6, 6.07) is 4.48. The number of halogens is 1. The van der Waals surface area contributed by atoms with Crippen molar-refractivity contribution in [1.29, 1.82) is 0 Å². The van der Waals surface area contributed by atoms with E-state index in [1.165, 1.54) is 12.1 Å². The highest BCUT2D eigenvalue weighted by atomic mass is 19.1. The lowest BCUT2D eigenvalue weighted by Gasteiger charge is -2.18. The van der Waals surface area contributed by atoms with Crippen molar-refractivity contribution in [2.45, 2.75) is 39.2 Å². The van der Waals surface area contributed by atoms with Crippen molar-refractivity contribution in [3.8, 4) is 0 Å². The molecule has 1 atom stereocenters. The third kappa shape index (κ3) is 3.04. The van der Waals surface area contributed by atoms with Crippen LogP contribution in [0, 0.1) is 11.2 Å². The Morgan fingerprint density at radius 2 is 2.21 bits per heavy atom. The molecule has 1 saturated carbocycles. The highest BCUT2D eigenvalue weighted by Gasteiger charge is 2.32. The molecule has 104 valence electrons. The minimum Gasteiger partial charge on any atom is -0.349 e. The fourth-order valence-corrected chi connectivity index (χ4v) is 2.68. The van der Waals surface area contributed by atoms with Crippen LogP contribution in [0.1, 0.15) is 43.5 Å². The van der Waals surface area contributed by atoms with Gasteiger partial charge in [0, 0.05) is 6.04 Å². The van der Waals surface area contributed by atoms with Gasteiger partial charge < -0.3 is 10.7 Å². The number of carbonyl (C=O) groups is 1. The van der Waals surface area contributed by atoms with E-state index in [0.29, 0.717) is 0 Å². The van der Waals surface area contributed by atoms with Gasteiger partial charge in [0.15, 0.2) is 0 Å². The van der Waals surface area contributed by atoms with E-state index in [1.807, 2.05) is 0 Å². The van der Waals surface area contributed by atoms with E-state index in [1.54, 1.807) is 6.07 Å². The number of hydrogen-bond donors (Lipinski definition) is 3. The third-order valence-electron chi connectivity index (χ3n) is 3.71. The van der Waals surface area contributed by atoms with Crippen LogP contribution in [0.25, 0.3) is 0 Å². The average Bonchev–Trinajstić information content (AvgIpc) is 2.68. The molecular weight excluding hydrogens is 245 g/mol. The van der Waals surface area contributed by atoms with Crippen molar-refractivity contribution in [1.82, 2.24) is 5.32 Å². The van der Waals surface area contributed by atoms with Gasteiger partial charge in [-0.2, -0.15) is 0 Å². The maximum Gasteiger partial charge on any atom is 0.253 e. The minimum atomic E-state index is -0.526. The molecule has 0 aliphatic heterocycles. The summed E-state index contributed by atoms with van der Waals surface area (Å²) in [5.41, 5.74) is 2.79. The van der Waals surface area contributed by atoms with E-state index in [0.717, 1.165) is 19.3 Å². The molecule has 1 aliphatic rings. The third-order valence-corrected chi connectivity index (χ3v) is 3.71. The molecule has 0 aromatic heterocycles. The normalized spacial score (nSPS) is 21.2. The predicted molar refractivity (Wildman–Crippen MR) is 73.1 cm³/mol. The molecule has 1 aromatic carbocycles. The Bertz CT molecular complexity index is 488. The fraction of sp³-hybridized carbons (Fsp3) is 0.500. The first kappa shape index (κ1) is 13.8. The molecular formula is C14H20FN3O. The van der Waals surface area contributed by atoms with Gasteiger partial charge in [0.05, 0.1) is 11.3 Å². The minimum absolute atomic E-state index is 0.0391. The first-order valence-corrected chi connectivity index (χ1v) is 6.49. The van der Waals surface area contributed by atoms with Crippen molar-refractivity contribution in [2.24, 2.45) is 11.3 Å². The van der Waals surface area contributed by atoms with Gasteiger partial charge in [0.1, 0.15) is 5.82 Å². The number of rotatable bonds is 3. The zero-order chi connectivity index (χ0) is 14.0. The van der Waals surface area contributed by atoms with Crippen LogP contribution in [0.5, 0.6) is 0 Å². The quantitative estimate of drug-likeness (QED) is 0.581. The molecule has 0 bridgehead atoms. The maximum absolute atomic E-state index is 13.5. The molecule has 19 heavy (non-hydrogen) atoms. The van der Waals surface area contributed by atoms with Crippen LogP contribution >= 0.6 is 0 Å². The molecule has 1 aromatic rings. The van der Waals surface area contributed by atoms with Gasteiger partial charge in [-0.1, -0.05) is 19.9 Å². The number of nitrogens with one attached hydrogen (secondary N) is 2. The molecule has 1 unspecified atom stereocenters. The molecule has 0 spiro atoms. The van der Waals surface area contributed by atoms with Gasteiger partial charge >= 0.3 is 0 Å². The number of carbonyl (C=O) groups excluding carboxylic acids is 1. The van der Waals surface area contributed by atoms with Crippen LogP contribution in [0.4, 0.5) is 10.1 Å².